The minimum Gasteiger partial charge on any atom is -0.379 e. The van der Waals surface area contributed by atoms with E-state index in [9.17, 15) is 14.9 Å². The summed E-state index contributed by atoms with van der Waals surface area (Å²) >= 11 is 0. The maximum atomic E-state index is 11.7. The number of rotatable bonds is 4. The zero-order chi connectivity index (χ0) is 14.4. The normalized spacial score (nSPS) is 16.2. The second-order valence-electron chi connectivity index (χ2n) is 4.26. The Kier molecular flexibility index (Phi) is 4.80. The number of hydrogen-bond acceptors (Lipinski definition) is 5. The number of morpholine rings is 1. The molecule has 1 heterocycles. The van der Waals surface area contributed by atoms with Crippen LogP contribution in [0, 0.1) is 10.1 Å². The van der Waals surface area contributed by atoms with E-state index in [1.807, 2.05) is 0 Å². The number of nitro groups is 1. The van der Waals surface area contributed by atoms with Crippen molar-refractivity contribution in [3.05, 3.63) is 46.0 Å². The zero-order valence-corrected chi connectivity index (χ0v) is 10.8. The van der Waals surface area contributed by atoms with Gasteiger partial charge < -0.3 is 4.74 Å². The van der Waals surface area contributed by atoms with Crippen LogP contribution in [0.3, 0.4) is 0 Å². The van der Waals surface area contributed by atoms with Crippen LogP contribution in [-0.4, -0.2) is 42.1 Å². The number of non-ortho nitro benzene ring substituents is 1. The fraction of sp³-hybridized carbons (Fsp3) is 0.308. The third-order valence-corrected chi connectivity index (χ3v) is 2.79. The molecule has 0 radical (unpaired) electrons. The lowest BCUT2D eigenvalue weighted by Crippen LogP contribution is -2.47. The largest absolute Gasteiger partial charge is 0.379 e. The highest BCUT2D eigenvalue weighted by molar-refractivity contribution is 5.91. The summed E-state index contributed by atoms with van der Waals surface area (Å²) in [5.74, 6) is -0.265. The highest BCUT2D eigenvalue weighted by Crippen LogP contribution is 2.13. The Morgan fingerprint density at radius 3 is 2.85 bits per heavy atom. The molecule has 0 spiro atoms. The number of nitrogens with one attached hydrogen (secondary N) is 1. The average Bonchev–Trinajstić information content (AvgIpc) is 2.46. The van der Waals surface area contributed by atoms with Gasteiger partial charge in [-0.05, 0) is 11.6 Å². The van der Waals surface area contributed by atoms with Crippen molar-refractivity contribution < 1.29 is 14.5 Å². The van der Waals surface area contributed by atoms with E-state index in [1.54, 1.807) is 23.2 Å². The molecule has 1 saturated heterocycles. The standard InChI is InChI=1S/C13H15N3O4/c17-13(14-15-6-8-20-9-7-15)5-4-11-2-1-3-12(10-11)16(18)19/h1-5,10H,6-9H2,(H,14,17)/b5-4+. The third kappa shape index (κ3) is 4.15. The third-order valence-electron chi connectivity index (χ3n) is 2.79. The number of hydrazine groups is 1. The second kappa shape index (κ2) is 6.78. The SMILES string of the molecule is O=C(/C=C/c1cccc([N+](=O)[O-])c1)NN1CCOCC1. The number of nitro benzene ring substituents is 1. The Balaban J connectivity index is 1.92. The Morgan fingerprint density at radius 1 is 1.40 bits per heavy atom. The van der Waals surface area contributed by atoms with Gasteiger partial charge in [0.05, 0.1) is 18.1 Å². The quantitative estimate of drug-likeness (QED) is 0.503. The molecule has 7 heteroatoms. The van der Waals surface area contributed by atoms with Crippen molar-refractivity contribution in [1.82, 2.24) is 10.4 Å². The van der Waals surface area contributed by atoms with Gasteiger partial charge in [0.2, 0.25) is 0 Å². The van der Waals surface area contributed by atoms with Crippen LogP contribution in [0.5, 0.6) is 0 Å². The highest BCUT2D eigenvalue weighted by atomic mass is 16.6. The van der Waals surface area contributed by atoms with Crippen LogP contribution in [0.25, 0.3) is 6.08 Å². The number of hydrogen-bond donors (Lipinski definition) is 1. The molecule has 0 aromatic heterocycles. The van der Waals surface area contributed by atoms with Crippen molar-refractivity contribution in [2.24, 2.45) is 0 Å². The van der Waals surface area contributed by atoms with Crippen LogP contribution >= 0.6 is 0 Å². The lowest BCUT2D eigenvalue weighted by atomic mass is 10.2. The number of ether oxygens (including phenoxy) is 1. The molecule has 0 atom stereocenters. The van der Waals surface area contributed by atoms with Gasteiger partial charge in [-0.15, -0.1) is 0 Å². The van der Waals surface area contributed by atoms with Gasteiger partial charge >= 0.3 is 0 Å². The molecule has 1 aliphatic heterocycles. The van der Waals surface area contributed by atoms with Crippen LogP contribution in [0.2, 0.25) is 0 Å². The Hall–Kier alpha value is -2.25. The van der Waals surface area contributed by atoms with Gasteiger partial charge in [0.25, 0.3) is 11.6 Å². The molecule has 0 saturated carbocycles. The van der Waals surface area contributed by atoms with E-state index in [2.05, 4.69) is 5.43 Å². The summed E-state index contributed by atoms with van der Waals surface area (Å²) in [4.78, 5) is 21.9. The van der Waals surface area contributed by atoms with Gasteiger partial charge in [0.15, 0.2) is 0 Å². The number of carbonyl (C=O) groups is 1. The molecule has 0 unspecified atom stereocenters. The fourth-order valence-corrected chi connectivity index (χ4v) is 1.78. The van der Waals surface area contributed by atoms with Crippen LogP contribution in [0.4, 0.5) is 5.69 Å². The van der Waals surface area contributed by atoms with Gasteiger partial charge in [-0.3, -0.25) is 20.3 Å². The molecule has 1 aliphatic rings. The van der Waals surface area contributed by atoms with Crippen molar-refractivity contribution >= 4 is 17.7 Å². The molecule has 20 heavy (non-hydrogen) atoms. The highest BCUT2D eigenvalue weighted by Gasteiger charge is 2.11. The van der Waals surface area contributed by atoms with Gasteiger partial charge in [0.1, 0.15) is 0 Å². The van der Waals surface area contributed by atoms with Gasteiger partial charge in [0, 0.05) is 31.3 Å². The molecular formula is C13H15N3O4. The van der Waals surface area contributed by atoms with E-state index in [4.69, 9.17) is 4.74 Å². The van der Waals surface area contributed by atoms with Crippen molar-refractivity contribution in [1.29, 1.82) is 0 Å². The van der Waals surface area contributed by atoms with E-state index in [-0.39, 0.29) is 11.6 Å². The van der Waals surface area contributed by atoms with E-state index < -0.39 is 4.92 Å². The van der Waals surface area contributed by atoms with Crippen molar-refractivity contribution in [2.45, 2.75) is 0 Å². The molecule has 0 bridgehead atoms. The molecule has 2 rings (SSSR count). The lowest BCUT2D eigenvalue weighted by molar-refractivity contribution is -0.384. The van der Waals surface area contributed by atoms with Crippen LogP contribution in [0.1, 0.15) is 5.56 Å². The predicted molar refractivity (Wildman–Crippen MR) is 72.7 cm³/mol. The summed E-state index contributed by atoms with van der Waals surface area (Å²) < 4.78 is 5.17. The number of carbonyl (C=O) groups excluding carboxylic acids is 1. The first-order valence-corrected chi connectivity index (χ1v) is 6.21. The molecule has 1 aromatic carbocycles. The van der Waals surface area contributed by atoms with Gasteiger partial charge in [-0.1, -0.05) is 12.1 Å². The minimum absolute atomic E-state index is 0.000683. The maximum Gasteiger partial charge on any atom is 0.270 e. The molecule has 7 nitrogen and oxygen atoms in total. The van der Waals surface area contributed by atoms with E-state index in [0.717, 1.165) is 0 Å². The summed E-state index contributed by atoms with van der Waals surface area (Å²) in [5, 5.41) is 12.4. The number of benzene rings is 1. The molecule has 1 N–H and O–H groups in total. The first kappa shape index (κ1) is 14.2. The molecule has 0 aliphatic carbocycles. The number of nitrogens with zero attached hydrogens (tertiary/aromatic N) is 2. The van der Waals surface area contributed by atoms with Crippen molar-refractivity contribution in [2.75, 3.05) is 26.3 Å². The summed E-state index contributed by atoms with van der Waals surface area (Å²) in [7, 11) is 0. The predicted octanol–water partition coefficient (Wildman–Crippen LogP) is 0.971. The molecule has 106 valence electrons. The van der Waals surface area contributed by atoms with Gasteiger partial charge in [-0.2, -0.15) is 0 Å². The van der Waals surface area contributed by atoms with Crippen molar-refractivity contribution in [3.8, 4) is 0 Å². The number of amides is 1. The molecular weight excluding hydrogens is 262 g/mol. The summed E-state index contributed by atoms with van der Waals surface area (Å²) in [5.41, 5.74) is 3.33. The smallest absolute Gasteiger partial charge is 0.270 e. The summed E-state index contributed by atoms with van der Waals surface area (Å²) in [6.07, 6.45) is 2.90. The van der Waals surface area contributed by atoms with E-state index in [1.165, 1.54) is 18.2 Å². The van der Waals surface area contributed by atoms with E-state index >= 15 is 0 Å². The average molecular weight is 277 g/mol. The molecule has 1 amide bonds. The van der Waals surface area contributed by atoms with Crippen LogP contribution in [-0.2, 0) is 9.53 Å². The zero-order valence-electron chi connectivity index (χ0n) is 10.8. The summed E-state index contributed by atoms with van der Waals surface area (Å²) in [6, 6.07) is 6.10. The fourth-order valence-electron chi connectivity index (χ4n) is 1.78. The summed E-state index contributed by atoms with van der Waals surface area (Å²) in [6.45, 7) is 2.48. The van der Waals surface area contributed by atoms with Crippen molar-refractivity contribution in [3.63, 3.8) is 0 Å². The van der Waals surface area contributed by atoms with Crippen LogP contribution < -0.4 is 5.43 Å². The van der Waals surface area contributed by atoms with Gasteiger partial charge in [-0.25, -0.2) is 5.01 Å². The monoisotopic (exact) mass is 277 g/mol. The second-order valence-corrected chi connectivity index (χ2v) is 4.26. The minimum atomic E-state index is -0.467. The molecule has 1 aromatic rings. The first-order valence-electron chi connectivity index (χ1n) is 6.21. The Labute approximate surface area is 115 Å². The van der Waals surface area contributed by atoms with Crippen LogP contribution in [0.15, 0.2) is 30.3 Å². The molecule has 1 fully saturated rings. The Bertz CT molecular complexity index is 524. The lowest BCUT2D eigenvalue weighted by Gasteiger charge is -2.26. The Morgan fingerprint density at radius 2 is 2.15 bits per heavy atom. The maximum absolute atomic E-state index is 11.7. The topological polar surface area (TPSA) is 84.7 Å². The van der Waals surface area contributed by atoms with E-state index in [0.29, 0.717) is 31.9 Å². The first-order chi connectivity index (χ1) is 9.65.